The topological polar surface area (TPSA) is 61.8 Å². The van der Waals surface area contributed by atoms with Gasteiger partial charge in [0.15, 0.2) is 0 Å². The van der Waals surface area contributed by atoms with Crippen LogP contribution in [0.25, 0.3) is 0 Å². The second-order valence-corrected chi connectivity index (χ2v) is 4.46. The third-order valence-electron chi connectivity index (χ3n) is 3.10. The van der Waals surface area contributed by atoms with Crippen LogP contribution in [0.15, 0.2) is 24.3 Å². The molecule has 0 amide bonds. The van der Waals surface area contributed by atoms with Crippen LogP contribution < -0.4 is 11.1 Å². The van der Waals surface area contributed by atoms with Crippen LogP contribution >= 0.6 is 0 Å². The van der Waals surface area contributed by atoms with Gasteiger partial charge in [0.1, 0.15) is 0 Å². The number of hydrogen-bond donors (Lipinski definition) is 2. The van der Waals surface area contributed by atoms with Gasteiger partial charge in [-0.2, -0.15) is 5.26 Å². The lowest BCUT2D eigenvalue weighted by molar-refractivity contribution is 0.409. The zero-order valence-electron chi connectivity index (χ0n) is 9.32. The van der Waals surface area contributed by atoms with Crippen LogP contribution in [0.1, 0.15) is 31.2 Å². The predicted molar refractivity (Wildman–Crippen MR) is 65.0 cm³/mol. The first-order chi connectivity index (χ1) is 7.78. The molecule has 1 aromatic rings. The van der Waals surface area contributed by atoms with E-state index < -0.39 is 0 Å². The molecule has 0 radical (unpaired) electrons. The molecule has 3 heteroatoms. The maximum absolute atomic E-state index is 8.70. The van der Waals surface area contributed by atoms with Crippen molar-refractivity contribution >= 4 is 5.69 Å². The van der Waals surface area contributed by atoms with Crippen LogP contribution in [0.5, 0.6) is 0 Å². The zero-order chi connectivity index (χ0) is 11.4. The number of rotatable bonds is 2. The summed E-state index contributed by atoms with van der Waals surface area (Å²) in [4.78, 5) is 0. The molecule has 0 aliphatic heterocycles. The van der Waals surface area contributed by atoms with Gasteiger partial charge in [-0.25, -0.2) is 0 Å². The Kier molecular flexibility index (Phi) is 3.43. The Morgan fingerprint density at radius 1 is 1.25 bits per heavy atom. The van der Waals surface area contributed by atoms with Gasteiger partial charge in [0, 0.05) is 17.8 Å². The number of hydrogen-bond acceptors (Lipinski definition) is 3. The standard InChI is InChI=1S/C13H17N3/c14-9-10-4-6-12(7-5-10)16-13-3-1-2-11(15)8-13/h4-7,11,13,16H,1-3,8,15H2. The van der Waals surface area contributed by atoms with Gasteiger partial charge in [-0.1, -0.05) is 0 Å². The van der Waals surface area contributed by atoms with Crippen LogP contribution in [0, 0.1) is 11.3 Å². The lowest BCUT2D eigenvalue weighted by Gasteiger charge is -2.28. The van der Waals surface area contributed by atoms with Gasteiger partial charge in [0.25, 0.3) is 0 Å². The van der Waals surface area contributed by atoms with E-state index in [9.17, 15) is 0 Å². The smallest absolute Gasteiger partial charge is 0.0991 e. The van der Waals surface area contributed by atoms with Gasteiger partial charge in [-0.3, -0.25) is 0 Å². The lowest BCUT2D eigenvalue weighted by Crippen LogP contribution is -2.34. The van der Waals surface area contributed by atoms with Crippen LogP contribution in [0.2, 0.25) is 0 Å². The number of nitrogens with one attached hydrogen (secondary N) is 1. The minimum absolute atomic E-state index is 0.338. The van der Waals surface area contributed by atoms with E-state index in [1.807, 2.05) is 24.3 Å². The van der Waals surface area contributed by atoms with E-state index in [2.05, 4.69) is 11.4 Å². The third kappa shape index (κ3) is 2.74. The molecule has 1 aromatic carbocycles. The minimum Gasteiger partial charge on any atom is -0.382 e. The van der Waals surface area contributed by atoms with Crippen molar-refractivity contribution < 1.29 is 0 Å². The Morgan fingerprint density at radius 2 is 2.00 bits per heavy atom. The summed E-state index contributed by atoms with van der Waals surface area (Å²) in [5.74, 6) is 0. The van der Waals surface area contributed by atoms with Gasteiger partial charge in [-0.15, -0.1) is 0 Å². The first-order valence-corrected chi connectivity index (χ1v) is 5.80. The Labute approximate surface area is 96.3 Å². The van der Waals surface area contributed by atoms with Gasteiger partial charge in [0.05, 0.1) is 11.6 Å². The summed E-state index contributed by atoms with van der Waals surface area (Å²) >= 11 is 0. The first kappa shape index (κ1) is 11.0. The molecule has 0 saturated heterocycles. The summed E-state index contributed by atoms with van der Waals surface area (Å²) < 4.78 is 0. The van der Waals surface area contributed by atoms with Crippen LogP contribution in [-0.4, -0.2) is 12.1 Å². The van der Waals surface area contributed by atoms with Crippen molar-refractivity contribution in [2.45, 2.75) is 37.8 Å². The molecular weight excluding hydrogens is 198 g/mol. The third-order valence-corrected chi connectivity index (χ3v) is 3.10. The summed E-state index contributed by atoms with van der Waals surface area (Å²) in [7, 11) is 0. The molecule has 0 bridgehead atoms. The number of anilines is 1. The quantitative estimate of drug-likeness (QED) is 0.795. The molecule has 0 spiro atoms. The second-order valence-electron chi connectivity index (χ2n) is 4.46. The van der Waals surface area contributed by atoms with E-state index in [-0.39, 0.29) is 0 Å². The fourth-order valence-corrected chi connectivity index (χ4v) is 2.24. The van der Waals surface area contributed by atoms with Crippen molar-refractivity contribution in [1.82, 2.24) is 0 Å². The Morgan fingerprint density at radius 3 is 2.62 bits per heavy atom. The highest BCUT2D eigenvalue weighted by Crippen LogP contribution is 2.21. The molecule has 2 unspecified atom stereocenters. The maximum atomic E-state index is 8.70. The molecule has 3 N–H and O–H groups in total. The largest absolute Gasteiger partial charge is 0.382 e. The lowest BCUT2D eigenvalue weighted by atomic mass is 9.91. The van der Waals surface area contributed by atoms with Crippen molar-refractivity contribution in [3.63, 3.8) is 0 Å². The van der Waals surface area contributed by atoms with Crippen LogP contribution in [0.4, 0.5) is 5.69 Å². The zero-order valence-corrected chi connectivity index (χ0v) is 9.32. The van der Waals surface area contributed by atoms with Gasteiger partial charge >= 0.3 is 0 Å². The Hall–Kier alpha value is -1.53. The maximum Gasteiger partial charge on any atom is 0.0991 e. The highest BCUT2D eigenvalue weighted by molar-refractivity contribution is 5.47. The Bertz CT molecular complexity index is 377. The minimum atomic E-state index is 0.338. The van der Waals surface area contributed by atoms with Gasteiger partial charge < -0.3 is 11.1 Å². The molecule has 2 rings (SSSR count). The van der Waals surface area contributed by atoms with Crippen molar-refractivity contribution in [2.75, 3.05) is 5.32 Å². The van der Waals surface area contributed by atoms with E-state index in [1.54, 1.807) is 0 Å². The Balaban J connectivity index is 1.95. The summed E-state index contributed by atoms with van der Waals surface area (Å²) in [6.07, 6.45) is 4.58. The summed E-state index contributed by atoms with van der Waals surface area (Å²) in [5, 5.41) is 12.2. The fraction of sp³-hybridized carbons (Fsp3) is 0.462. The predicted octanol–water partition coefficient (Wildman–Crippen LogP) is 2.24. The molecule has 1 saturated carbocycles. The highest BCUT2D eigenvalue weighted by Gasteiger charge is 2.18. The SMILES string of the molecule is N#Cc1ccc(NC2CCCC(N)C2)cc1. The van der Waals surface area contributed by atoms with Crippen molar-refractivity contribution in [3.05, 3.63) is 29.8 Å². The van der Waals surface area contributed by atoms with E-state index in [0.29, 0.717) is 17.6 Å². The molecule has 2 atom stereocenters. The van der Waals surface area contributed by atoms with E-state index >= 15 is 0 Å². The van der Waals surface area contributed by atoms with Crippen molar-refractivity contribution in [1.29, 1.82) is 5.26 Å². The molecule has 1 aliphatic carbocycles. The first-order valence-electron chi connectivity index (χ1n) is 5.80. The normalized spacial score (nSPS) is 24.8. The molecule has 3 nitrogen and oxygen atoms in total. The number of nitrogens with two attached hydrogens (primary N) is 1. The molecule has 84 valence electrons. The summed E-state index contributed by atoms with van der Waals surface area (Å²) in [6.45, 7) is 0. The number of nitrogens with zero attached hydrogens (tertiary/aromatic N) is 1. The molecular formula is C13H17N3. The number of benzene rings is 1. The second kappa shape index (κ2) is 5.00. The highest BCUT2D eigenvalue weighted by atomic mass is 14.9. The monoisotopic (exact) mass is 215 g/mol. The average molecular weight is 215 g/mol. The number of nitriles is 1. The summed E-state index contributed by atoms with van der Waals surface area (Å²) in [6, 6.07) is 10.5. The van der Waals surface area contributed by atoms with Crippen LogP contribution in [-0.2, 0) is 0 Å². The molecule has 1 fully saturated rings. The molecule has 0 heterocycles. The molecule has 16 heavy (non-hydrogen) atoms. The fourth-order valence-electron chi connectivity index (χ4n) is 2.24. The van der Waals surface area contributed by atoms with Gasteiger partial charge in [0.2, 0.25) is 0 Å². The average Bonchev–Trinajstić information content (AvgIpc) is 2.30. The molecule has 1 aliphatic rings. The van der Waals surface area contributed by atoms with E-state index in [0.717, 1.165) is 18.5 Å². The van der Waals surface area contributed by atoms with Gasteiger partial charge in [-0.05, 0) is 49.9 Å². The van der Waals surface area contributed by atoms with Crippen molar-refractivity contribution in [2.24, 2.45) is 5.73 Å². The summed E-state index contributed by atoms with van der Waals surface area (Å²) in [5.41, 5.74) is 7.72. The molecule has 0 aromatic heterocycles. The van der Waals surface area contributed by atoms with Crippen LogP contribution in [0.3, 0.4) is 0 Å². The van der Waals surface area contributed by atoms with E-state index in [1.165, 1.54) is 12.8 Å². The van der Waals surface area contributed by atoms with E-state index in [4.69, 9.17) is 11.0 Å². The van der Waals surface area contributed by atoms with Crippen molar-refractivity contribution in [3.8, 4) is 6.07 Å².